The van der Waals surface area contributed by atoms with Gasteiger partial charge in [-0.15, -0.1) is 0 Å². The van der Waals surface area contributed by atoms with Gasteiger partial charge in [0.2, 0.25) is 0 Å². The molecular formula is C11H12PTi. The van der Waals surface area contributed by atoms with E-state index < -0.39 is 0 Å². The molecule has 0 aromatic carbocycles. The van der Waals surface area contributed by atoms with Crippen LogP contribution in [0, 0.1) is 13.8 Å². The molecule has 1 unspecified atom stereocenters. The summed E-state index contributed by atoms with van der Waals surface area (Å²) >= 11 is 2.24. The molecular weight excluding hydrogens is 211 g/mol. The zero-order chi connectivity index (χ0) is 9.42. The molecule has 0 fully saturated rings. The maximum atomic E-state index is 2.26. The van der Waals surface area contributed by atoms with E-state index in [1.165, 1.54) is 15.0 Å². The average Bonchev–Trinajstić information content (AvgIpc) is 2.70. The van der Waals surface area contributed by atoms with Gasteiger partial charge in [0.1, 0.15) is 0 Å². The van der Waals surface area contributed by atoms with E-state index in [2.05, 4.69) is 52.5 Å². The third-order valence-corrected chi connectivity index (χ3v) is 5.66. The number of hydrogen-bond acceptors (Lipinski definition) is 0. The molecule has 13 heavy (non-hydrogen) atoms. The Balaban J connectivity index is 2.47. The van der Waals surface area contributed by atoms with E-state index >= 15 is 0 Å². The van der Waals surface area contributed by atoms with Crippen LogP contribution in [0.4, 0.5) is 0 Å². The van der Waals surface area contributed by atoms with Crippen molar-refractivity contribution < 1.29 is 20.4 Å². The Bertz CT molecular complexity index is 396. The topological polar surface area (TPSA) is 0 Å². The summed E-state index contributed by atoms with van der Waals surface area (Å²) in [6.45, 7) is 4.51. The molecule has 1 heterocycles. The molecule has 0 bridgehead atoms. The van der Waals surface area contributed by atoms with E-state index in [1.807, 2.05) is 0 Å². The van der Waals surface area contributed by atoms with Gasteiger partial charge in [0, 0.05) is 0 Å². The summed E-state index contributed by atoms with van der Waals surface area (Å²) in [6, 6.07) is 0. The van der Waals surface area contributed by atoms with E-state index in [0.717, 1.165) is 14.6 Å². The van der Waals surface area contributed by atoms with Crippen molar-refractivity contribution in [3.8, 4) is 0 Å². The van der Waals surface area contributed by atoms with Crippen molar-refractivity contribution in [1.29, 1.82) is 0 Å². The average molecular weight is 223 g/mol. The second-order valence-electron chi connectivity index (χ2n) is 3.45. The third kappa shape index (κ3) is 1.64. The first-order valence-electron chi connectivity index (χ1n) is 4.47. The van der Waals surface area contributed by atoms with Gasteiger partial charge in [-0.05, 0) is 0 Å². The van der Waals surface area contributed by atoms with Gasteiger partial charge >= 0.3 is 92.7 Å². The van der Waals surface area contributed by atoms with Crippen molar-refractivity contribution in [2.45, 2.75) is 20.3 Å². The fourth-order valence-electron chi connectivity index (χ4n) is 1.70. The molecule has 2 heteroatoms. The number of aryl methyl sites for hydroxylation is 1. The van der Waals surface area contributed by atoms with Gasteiger partial charge in [0.25, 0.3) is 0 Å². The van der Waals surface area contributed by atoms with Gasteiger partial charge in [-0.3, -0.25) is 0 Å². The Kier molecular flexibility index (Phi) is 2.65. The van der Waals surface area contributed by atoms with Crippen LogP contribution in [0.2, 0.25) is 0 Å². The summed E-state index contributed by atoms with van der Waals surface area (Å²) in [7, 11) is 0.919. The monoisotopic (exact) mass is 223 g/mol. The summed E-state index contributed by atoms with van der Waals surface area (Å²) < 4.78 is 1.51. The number of allylic oxidation sites excluding steroid dienone is 4. The number of rotatable bonds is 1. The molecule has 0 nitrogen and oxygen atoms in total. The SMILES string of the molecule is Cc1[pH]c(C2=CC=CC2)c(C)[c]1[Ti]. The molecule has 0 N–H and O–H groups in total. The molecule has 1 aliphatic rings. The van der Waals surface area contributed by atoms with E-state index in [4.69, 9.17) is 0 Å². The predicted molar refractivity (Wildman–Crippen MR) is 56.8 cm³/mol. The first kappa shape index (κ1) is 9.53. The standard InChI is InChI=1S/C11H12P.Ti/c1-8-7-9(2)12-11(8)10-5-3-4-6-10;/h3-5,12H,6H2,1-2H3;. The van der Waals surface area contributed by atoms with Crippen molar-refractivity contribution in [2.75, 3.05) is 0 Å². The van der Waals surface area contributed by atoms with Crippen molar-refractivity contribution >= 4 is 17.6 Å². The van der Waals surface area contributed by atoms with Crippen LogP contribution in [0.3, 0.4) is 0 Å². The van der Waals surface area contributed by atoms with E-state index in [9.17, 15) is 0 Å². The molecule has 0 radical (unpaired) electrons. The summed E-state index contributed by atoms with van der Waals surface area (Å²) in [5.74, 6) is 0. The van der Waals surface area contributed by atoms with Crippen molar-refractivity contribution in [3.05, 3.63) is 34.4 Å². The first-order valence-corrected chi connectivity index (χ1v) is 6.25. The van der Waals surface area contributed by atoms with Crippen molar-refractivity contribution in [2.24, 2.45) is 0 Å². The van der Waals surface area contributed by atoms with E-state index in [0.29, 0.717) is 0 Å². The Labute approximate surface area is 92.6 Å². The van der Waals surface area contributed by atoms with Gasteiger partial charge in [-0.1, -0.05) is 0 Å². The molecule has 65 valence electrons. The zero-order valence-electron chi connectivity index (χ0n) is 7.94. The van der Waals surface area contributed by atoms with Crippen molar-refractivity contribution in [1.82, 2.24) is 0 Å². The molecule has 0 aliphatic heterocycles. The summed E-state index contributed by atoms with van der Waals surface area (Å²) in [4.78, 5) is 0. The number of hydrogen-bond donors (Lipinski definition) is 0. The Hall–Kier alpha value is -0.0257. The minimum atomic E-state index is 0.919. The van der Waals surface area contributed by atoms with Crippen LogP contribution in [-0.2, 0) is 20.4 Å². The summed E-state index contributed by atoms with van der Waals surface area (Å²) in [5, 5.41) is 3.17. The Morgan fingerprint density at radius 2 is 2.15 bits per heavy atom. The third-order valence-electron chi connectivity index (χ3n) is 2.53. The fraction of sp³-hybridized carbons (Fsp3) is 0.273. The van der Waals surface area contributed by atoms with Crippen LogP contribution in [0.1, 0.15) is 22.6 Å². The van der Waals surface area contributed by atoms with Gasteiger partial charge in [0.15, 0.2) is 0 Å². The molecule has 0 saturated heterocycles. The Morgan fingerprint density at radius 1 is 1.38 bits per heavy atom. The molecule has 1 aliphatic carbocycles. The molecule has 0 spiro atoms. The van der Waals surface area contributed by atoms with Gasteiger partial charge < -0.3 is 0 Å². The van der Waals surface area contributed by atoms with Gasteiger partial charge in [-0.25, -0.2) is 0 Å². The van der Waals surface area contributed by atoms with Crippen LogP contribution in [0.5, 0.6) is 0 Å². The fourth-order valence-corrected chi connectivity index (χ4v) is 3.73. The quantitative estimate of drug-likeness (QED) is 0.642. The summed E-state index contributed by atoms with van der Waals surface area (Å²) in [5.41, 5.74) is 3.05. The molecule has 0 saturated carbocycles. The molecule has 1 aromatic rings. The second kappa shape index (κ2) is 3.61. The normalized spacial score (nSPS) is 15.6. The van der Waals surface area contributed by atoms with Crippen LogP contribution in [-0.4, -0.2) is 0 Å². The van der Waals surface area contributed by atoms with Gasteiger partial charge in [0.05, 0.1) is 0 Å². The van der Waals surface area contributed by atoms with Crippen LogP contribution >= 0.6 is 8.19 Å². The van der Waals surface area contributed by atoms with Crippen LogP contribution < -0.4 is 3.87 Å². The molecule has 1 atom stereocenters. The van der Waals surface area contributed by atoms with Crippen molar-refractivity contribution in [3.63, 3.8) is 0 Å². The zero-order valence-corrected chi connectivity index (χ0v) is 10.5. The maximum absolute atomic E-state index is 2.26. The molecule has 0 amide bonds. The molecule has 2 rings (SSSR count). The first-order chi connectivity index (χ1) is 6.20. The molecule has 1 aromatic heterocycles. The second-order valence-corrected chi connectivity index (χ2v) is 5.73. The van der Waals surface area contributed by atoms with Gasteiger partial charge in [-0.2, -0.15) is 0 Å². The van der Waals surface area contributed by atoms with E-state index in [1.54, 1.807) is 10.6 Å². The van der Waals surface area contributed by atoms with Crippen LogP contribution in [0.15, 0.2) is 18.2 Å². The predicted octanol–water partition coefficient (Wildman–Crippen LogP) is 2.85. The summed E-state index contributed by atoms with van der Waals surface area (Å²) in [6.07, 6.45) is 7.81. The van der Waals surface area contributed by atoms with Crippen LogP contribution in [0.25, 0.3) is 5.57 Å². The van der Waals surface area contributed by atoms with E-state index in [-0.39, 0.29) is 0 Å². The Morgan fingerprint density at radius 3 is 2.62 bits per heavy atom. The minimum absolute atomic E-state index is 0.919.